The minimum absolute atomic E-state index is 0.0871. The number of hydrogen-bond acceptors (Lipinski definition) is 4. The summed E-state index contributed by atoms with van der Waals surface area (Å²) in [5, 5.41) is 2.25. The minimum atomic E-state index is -0.593. The number of carbonyl (C=O) groups excluding carboxylic acids is 3. The molecule has 19 heavy (non-hydrogen) atoms. The highest BCUT2D eigenvalue weighted by molar-refractivity contribution is 9.13. The molecule has 8 heteroatoms. The molecule has 5 nitrogen and oxygen atoms in total. The van der Waals surface area contributed by atoms with Gasteiger partial charge in [0.1, 0.15) is 12.6 Å². The van der Waals surface area contributed by atoms with Gasteiger partial charge in [-0.2, -0.15) is 0 Å². The van der Waals surface area contributed by atoms with E-state index in [9.17, 15) is 14.4 Å². The Bertz CT molecular complexity index is 539. The largest absolute Gasteiger partial charge is 0.317 e. The van der Waals surface area contributed by atoms with Crippen molar-refractivity contribution >= 4 is 60.9 Å². The lowest BCUT2D eigenvalue weighted by Gasteiger charge is -2.33. The molecule has 0 aliphatic carbocycles. The van der Waals surface area contributed by atoms with Gasteiger partial charge in [-0.25, -0.2) is 0 Å². The fourth-order valence-electron chi connectivity index (χ4n) is 1.88. The molecular formula is C11H10Br2N2O3S. The van der Waals surface area contributed by atoms with Gasteiger partial charge in [-0.05, 0) is 44.3 Å². The molecule has 102 valence electrons. The van der Waals surface area contributed by atoms with Crippen molar-refractivity contribution in [2.24, 2.45) is 0 Å². The third kappa shape index (κ3) is 2.90. The SMILES string of the molecule is CCC1C(=O)NC(=O)CN1C(=O)c1cc(Br)c(Br)s1. The van der Waals surface area contributed by atoms with Crippen LogP contribution in [0.25, 0.3) is 0 Å². The maximum absolute atomic E-state index is 12.4. The number of halogens is 2. The van der Waals surface area contributed by atoms with E-state index >= 15 is 0 Å². The quantitative estimate of drug-likeness (QED) is 0.761. The van der Waals surface area contributed by atoms with E-state index in [0.717, 1.165) is 8.26 Å². The maximum atomic E-state index is 12.4. The molecule has 1 atom stereocenters. The van der Waals surface area contributed by atoms with Crippen molar-refractivity contribution in [3.05, 3.63) is 19.2 Å². The smallest absolute Gasteiger partial charge is 0.265 e. The molecule has 1 aliphatic rings. The Morgan fingerprint density at radius 2 is 2.21 bits per heavy atom. The van der Waals surface area contributed by atoms with Crippen molar-refractivity contribution in [1.82, 2.24) is 10.2 Å². The average Bonchev–Trinajstić information content (AvgIpc) is 2.68. The van der Waals surface area contributed by atoms with Gasteiger partial charge in [0.2, 0.25) is 11.8 Å². The van der Waals surface area contributed by atoms with Gasteiger partial charge >= 0.3 is 0 Å². The van der Waals surface area contributed by atoms with Gasteiger partial charge < -0.3 is 4.90 Å². The number of nitrogens with one attached hydrogen (secondary N) is 1. The van der Waals surface area contributed by atoms with Crippen LogP contribution in [0.2, 0.25) is 0 Å². The van der Waals surface area contributed by atoms with Crippen molar-refractivity contribution in [3.63, 3.8) is 0 Å². The fraction of sp³-hybridized carbons (Fsp3) is 0.364. The van der Waals surface area contributed by atoms with Crippen LogP contribution < -0.4 is 5.32 Å². The molecule has 1 aromatic heterocycles. The van der Waals surface area contributed by atoms with E-state index in [4.69, 9.17) is 0 Å². The predicted octanol–water partition coefficient (Wildman–Crippen LogP) is 2.15. The number of thiophene rings is 1. The van der Waals surface area contributed by atoms with Crippen LogP contribution in [0.3, 0.4) is 0 Å². The zero-order valence-corrected chi connectivity index (χ0v) is 13.9. The number of imide groups is 1. The fourth-order valence-corrected chi connectivity index (χ4v) is 3.87. The summed E-state index contributed by atoms with van der Waals surface area (Å²) < 4.78 is 1.58. The Morgan fingerprint density at radius 3 is 2.74 bits per heavy atom. The van der Waals surface area contributed by atoms with E-state index in [0.29, 0.717) is 11.3 Å². The summed E-state index contributed by atoms with van der Waals surface area (Å²) in [5.74, 6) is -1.16. The van der Waals surface area contributed by atoms with Gasteiger partial charge in [0, 0.05) is 4.47 Å². The number of carbonyl (C=O) groups is 3. The van der Waals surface area contributed by atoms with E-state index in [1.807, 2.05) is 0 Å². The van der Waals surface area contributed by atoms with E-state index in [1.165, 1.54) is 16.2 Å². The molecule has 1 N–H and O–H groups in total. The number of piperazine rings is 1. The molecule has 1 saturated heterocycles. The maximum Gasteiger partial charge on any atom is 0.265 e. The summed E-state index contributed by atoms with van der Waals surface area (Å²) in [4.78, 5) is 37.3. The highest BCUT2D eigenvalue weighted by Gasteiger charge is 2.36. The Kier molecular flexibility index (Phi) is 4.42. The Hall–Kier alpha value is -0.730. The van der Waals surface area contributed by atoms with E-state index in [-0.39, 0.29) is 12.5 Å². The van der Waals surface area contributed by atoms with Crippen molar-refractivity contribution < 1.29 is 14.4 Å². The van der Waals surface area contributed by atoms with Crippen molar-refractivity contribution in [2.45, 2.75) is 19.4 Å². The van der Waals surface area contributed by atoms with E-state index in [1.54, 1.807) is 13.0 Å². The van der Waals surface area contributed by atoms with Gasteiger partial charge in [-0.1, -0.05) is 6.92 Å². The van der Waals surface area contributed by atoms with Crippen LogP contribution in [-0.2, 0) is 9.59 Å². The first-order valence-corrected chi connectivity index (χ1v) is 7.93. The molecule has 0 bridgehead atoms. The molecule has 0 saturated carbocycles. The van der Waals surface area contributed by atoms with Crippen LogP contribution in [0.4, 0.5) is 0 Å². The second-order valence-corrected chi connectivity index (χ2v) is 7.23. The Balaban J connectivity index is 2.29. The normalized spacial score (nSPS) is 19.5. The standard InChI is InChI=1S/C11H10Br2N2O3S/c1-2-6-10(17)14-8(16)4-15(6)11(18)7-3-5(12)9(13)19-7/h3,6H,2,4H2,1H3,(H,14,16,17). The Morgan fingerprint density at radius 1 is 1.53 bits per heavy atom. The molecule has 3 amide bonds. The molecule has 2 heterocycles. The first-order chi connectivity index (χ1) is 8.93. The zero-order chi connectivity index (χ0) is 14.2. The molecule has 1 fully saturated rings. The zero-order valence-electron chi connectivity index (χ0n) is 9.91. The summed E-state index contributed by atoms with van der Waals surface area (Å²) in [6.45, 7) is 1.72. The average molecular weight is 410 g/mol. The van der Waals surface area contributed by atoms with E-state index in [2.05, 4.69) is 37.2 Å². The first kappa shape index (κ1) is 14.7. The lowest BCUT2D eigenvalue weighted by atomic mass is 10.1. The number of nitrogens with zero attached hydrogens (tertiary/aromatic N) is 1. The third-order valence-electron chi connectivity index (χ3n) is 2.76. The van der Waals surface area contributed by atoms with Gasteiger partial charge in [0.25, 0.3) is 5.91 Å². The van der Waals surface area contributed by atoms with E-state index < -0.39 is 17.9 Å². The summed E-state index contributed by atoms with van der Waals surface area (Å²) in [7, 11) is 0. The predicted molar refractivity (Wildman–Crippen MR) is 78.0 cm³/mol. The highest BCUT2D eigenvalue weighted by atomic mass is 79.9. The number of rotatable bonds is 2. The van der Waals surface area contributed by atoms with Crippen LogP contribution in [0.5, 0.6) is 0 Å². The lowest BCUT2D eigenvalue weighted by molar-refractivity contribution is -0.138. The molecule has 0 spiro atoms. The molecule has 1 unspecified atom stereocenters. The number of hydrogen-bond donors (Lipinski definition) is 1. The van der Waals surface area contributed by atoms with Gasteiger partial charge in [0.15, 0.2) is 0 Å². The van der Waals surface area contributed by atoms with Gasteiger partial charge in [-0.15, -0.1) is 11.3 Å². The van der Waals surface area contributed by atoms with Crippen LogP contribution in [0.15, 0.2) is 14.3 Å². The third-order valence-corrected chi connectivity index (χ3v) is 6.00. The summed E-state index contributed by atoms with van der Waals surface area (Å²) in [6.07, 6.45) is 0.471. The van der Waals surface area contributed by atoms with Crippen LogP contribution in [0.1, 0.15) is 23.0 Å². The summed E-state index contributed by atoms with van der Waals surface area (Å²) >= 11 is 7.90. The van der Waals surface area contributed by atoms with Crippen LogP contribution in [-0.4, -0.2) is 35.2 Å². The summed E-state index contributed by atoms with van der Waals surface area (Å²) in [6, 6.07) is 1.09. The molecule has 2 rings (SSSR count). The van der Waals surface area contributed by atoms with Crippen LogP contribution >= 0.6 is 43.2 Å². The second-order valence-electron chi connectivity index (χ2n) is 4.00. The van der Waals surface area contributed by atoms with Crippen molar-refractivity contribution in [2.75, 3.05) is 6.54 Å². The molecular weight excluding hydrogens is 400 g/mol. The first-order valence-electron chi connectivity index (χ1n) is 5.53. The second kappa shape index (κ2) is 5.72. The summed E-state index contributed by atoms with van der Waals surface area (Å²) in [5.41, 5.74) is 0. The highest BCUT2D eigenvalue weighted by Crippen LogP contribution is 2.33. The molecule has 1 aliphatic heterocycles. The van der Waals surface area contributed by atoms with Crippen LogP contribution in [0, 0.1) is 0 Å². The minimum Gasteiger partial charge on any atom is -0.317 e. The van der Waals surface area contributed by atoms with Gasteiger partial charge in [-0.3, -0.25) is 19.7 Å². The molecule has 0 radical (unpaired) electrons. The monoisotopic (exact) mass is 408 g/mol. The van der Waals surface area contributed by atoms with Crippen molar-refractivity contribution in [1.29, 1.82) is 0 Å². The molecule has 1 aromatic rings. The topological polar surface area (TPSA) is 66.5 Å². The van der Waals surface area contributed by atoms with Gasteiger partial charge in [0.05, 0.1) is 8.66 Å². The lowest BCUT2D eigenvalue weighted by Crippen LogP contribution is -2.59. The number of amides is 3. The van der Waals surface area contributed by atoms with Crippen molar-refractivity contribution in [3.8, 4) is 0 Å². The molecule has 0 aromatic carbocycles. The Labute approximate surface area is 130 Å².